The molecule has 0 bridgehead atoms. The van der Waals surface area contributed by atoms with Crippen molar-refractivity contribution < 1.29 is 9.59 Å². The van der Waals surface area contributed by atoms with Gasteiger partial charge in [-0.2, -0.15) is 0 Å². The summed E-state index contributed by atoms with van der Waals surface area (Å²) in [5.41, 5.74) is 4.34. The van der Waals surface area contributed by atoms with Crippen LogP contribution in [0.1, 0.15) is 30.1 Å². The van der Waals surface area contributed by atoms with Crippen molar-refractivity contribution in [2.75, 3.05) is 36.4 Å². The highest BCUT2D eigenvalue weighted by atomic mass is 35.5. The second-order valence-corrected chi connectivity index (χ2v) is 8.59. The summed E-state index contributed by atoms with van der Waals surface area (Å²) < 4.78 is 0. The van der Waals surface area contributed by atoms with Gasteiger partial charge >= 0.3 is 0 Å². The van der Waals surface area contributed by atoms with Gasteiger partial charge in [0.05, 0.1) is 10.7 Å². The Morgan fingerprint density at radius 3 is 2.18 bits per heavy atom. The van der Waals surface area contributed by atoms with Crippen molar-refractivity contribution in [2.24, 2.45) is 0 Å². The Kier molecular flexibility index (Phi) is 7.30. The molecule has 5 nitrogen and oxygen atoms in total. The number of halogens is 1. The van der Waals surface area contributed by atoms with Crippen molar-refractivity contribution in [2.45, 2.75) is 19.8 Å². The fourth-order valence-corrected chi connectivity index (χ4v) is 4.36. The van der Waals surface area contributed by atoms with Crippen LogP contribution in [0.2, 0.25) is 5.02 Å². The van der Waals surface area contributed by atoms with Crippen LogP contribution in [-0.4, -0.2) is 42.9 Å². The number of nitrogens with one attached hydrogen (secondary N) is 1. The normalized spacial score (nSPS) is 13.6. The molecule has 1 N–H and O–H groups in total. The molecule has 2 amide bonds. The van der Waals surface area contributed by atoms with E-state index in [2.05, 4.69) is 10.2 Å². The predicted molar refractivity (Wildman–Crippen MR) is 135 cm³/mol. The molecule has 0 atom stereocenters. The number of rotatable bonds is 6. The van der Waals surface area contributed by atoms with E-state index in [4.69, 9.17) is 11.6 Å². The van der Waals surface area contributed by atoms with Gasteiger partial charge < -0.3 is 15.1 Å². The van der Waals surface area contributed by atoms with Crippen molar-refractivity contribution in [3.05, 3.63) is 83.4 Å². The molecule has 1 aliphatic heterocycles. The topological polar surface area (TPSA) is 52.7 Å². The van der Waals surface area contributed by atoms with E-state index in [1.807, 2.05) is 78.6 Å². The van der Waals surface area contributed by atoms with E-state index in [0.29, 0.717) is 35.8 Å². The van der Waals surface area contributed by atoms with E-state index in [1.54, 1.807) is 6.07 Å². The van der Waals surface area contributed by atoms with Gasteiger partial charge in [-0.3, -0.25) is 9.59 Å². The maximum atomic E-state index is 12.7. The van der Waals surface area contributed by atoms with Crippen molar-refractivity contribution in [3.8, 4) is 11.1 Å². The summed E-state index contributed by atoms with van der Waals surface area (Å²) >= 11 is 6.56. The summed E-state index contributed by atoms with van der Waals surface area (Å²) in [6.45, 7) is 4.91. The minimum absolute atomic E-state index is 0.179. The maximum absolute atomic E-state index is 12.7. The third-order valence-corrected chi connectivity index (χ3v) is 6.20. The highest BCUT2D eigenvalue weighted by Gasteiger charge is 2.22. The molecule has 0 aromatic heterocycles. The van der Waals surface area contributed by atoms with Gasteiger partial charge in [-0.15, -0.1) is 0 Å². The summed E-state index contributed by atoms with van der Waals surface area (Å²) in [4.78, 5) is 28.9. The van der Waals surface area contributed by atoms with Crippen molar-refractivity contribution >= 4 is 34.8 Å². The maximum Gasteiger partial charge on any atom is 0.255 e. The van der Waals surface area contributed by atoms with Crippen LogP contribution in [0.4, 0.5) is 11.4 Å². The molecule has 33 heavy (non-hydrogen) atoms. The van der Waals surface area contributed by atoms with Crippen molar-refractivity contribution in [3.63, 3.8) is 0 Å². The van der Waals surface area contributed by atoms with Crippen LogP contribution in [0.5, 0.6) is 0 Å². The molecule has 1 fully saturated rings. The van der Waals surface area contributed by atoms with Crippen molar-refractivity contribution in [1.29, 1.82) is 0 Å². The average Bonchev–Trinajstić information content (AvgIpc) is 2.85. The number of carbonyl (C=O) groups is 2. The standard InChI is InChI=1S/C27H28ClN3O2/c1-2-6-26(32)31-17-15-30(16-18-31)25-14-13-23(19-24(25)28)29-27(33)22-11-9-21(10-12-22)20-7-4-3-5-8-20/h3-5,7-14,19H,2,6,15-18H2,1H3,(H,29,33). The third kappa shape index (κ3) is 5.55. The Morgan fingerprint density at radius 1 is 0.879 bits per heavy atom. The lowest BCUT2D eigenvalue weighted by atomic mass is 10.0. The zero-order valence-corrected chi connectivity index (χ0v) is 19.5. The molecule has 0 spiro atoms. The number of carbonyl (C=O) groups excluding carboxylic acids is 2. The lowest BCUT2D eigenvalue weighted by Crippen LogP contribution is -2.48. The van der Waals surface area contributed by atoms with E-state index in [-0.39, 0.29) is 11.8 Å². The van der Waals surface area contributed by atoms with Gasteiger partial charge in [0.15, 0.2) is 0 Å². The van der Waals surface area contributed by atoms with E-state index in [9.17, 15) is 9.59 Å². The molecule has 0 radical (unpaired) electrons. The summed E-state index contributed by atoms with van der Waals surface area (Å²) in [6, 6.07) is 23.2. The summed E-state index contributed by atoms with van der Waals surface area (Å²) in [5, 5.41) is 3.51. The number of benzene rings is 3. The lowest BCUT2D eigenvalue weighted by molar-refractivity contribution is -0.131. The zero-order chi connectivity index (χ0) is 23.2. The van der Waals surface area contributed by atoms with E-state index >= 15 is 0 Å². The molecular weight excluding hydrogens is 434 g/mol. The van der Waals surface area contributed by atoms with E-state index in [1.165, 1.54) is 0 Å². The highest BCUT2D eigenvalue weighted by Crippen LogP contribution is 2.30. The van der Waals surface area contributed by atoms with Gasteiger partial charge in [-0.05, 0) is 47.9 Å². The Morgan fingerprint density at radius 2 is 1.55 bits per heavy atom. The van der Waals surface area contributed by atoms with Crippen LogP contribution in [0.25, 0.3) is 11.1 Å². The largest absolute Gasteiger partial charge is 0.367 e. The number of hydrogen-bond acceptors (Lipinski definition) is 3. The number of piperazine rings is 1. The summed E-state index contributed by atoms with van der Waals surface area (Å²) in [6.07, 6.45) is 1.47. The fraction of sp³-hybridized carbons (Fsp3) is 0.259. The van der Waals surface area contributed by atoms with Gasteiger partial charge in [0, 0.05) is 43.9 Å². The first-order valence-electron chi connectivity index (χ1n) is 11.3. The van der Waals surface area contributed by atoms with Crippen LogP contribution in [0.15, 0.2) is 72.8 Å². The molecular formula is C27H28ClN3O2. The Bertz CT molecular complexity index is 1110. The molecule has 0 saturated carbocycles. The van der Waals surface area contributed by atoms with Gasteiger partial charge in [-0.25, -0.2) is 0 Å². The van der Waals surface area contributed by atoms with E-state index < -0.39 is 0 Å². The molecule has 1 aliphatic rings. The highest BCUT2D eigenvalue weighted by molar-refractivity contribution is 6.33. The number of hydrogen-bond donors (Lipinski definition) is 1. The number of anilines is 2. The monoisotopic (exact) mass is 461 g/mol. The number of amides is 2. The van der Waals surface area contributed by atoms with Gasteiger partial charge in [0.2, 0.25) is 5.91 Å². The average molecular weight is 462 g/mol. The Balaban J connectivity index is 1.37. The first-order valence-corrected chi connectivity index (χ1v) is 11.7. The predicted octanol–water partition coefficient (Wildman–Crippen LogP) is 5.71. The van der Waals surface area contributed by atoms with Crippen LogP contribution in [-0.2, 0) is 4.79 Å². The molecule has 0 aliphatic carbocycles. The molecule has 1 saturated heterocycles. The molecule has 3 aromatic carbocycles. The second-order valence-electron chi connectivity index (χ2n) is 8.18. The van der Waals surface area contributed by atoms with Crippen molar-refractivity contribution in [1.82, 2.24) is 4.90 Å². The minimum atomic E-state index is -0.179. The molecule has 6 heteroatoms. The van der Waals surface area contributed by atoms with Gasteiger partial charge in [0.25, 0.3) is 5.91 Å². The first-order chi connectivity index (χ1) is 16.0. The van der Waals surface area contributed by atoms with Crippen LogP contribution < -0.4 is 10.2 Å². The van der Waals surface area contributed by atoms with Gasteiger partial charge in [-0.1, -0.05) is 61.0 Å². The SMILES string of the molecule is CCCC(=O)N1CCN(c2ccc(NC(=O)c3ccc(-c4ccccc4)cc3)cc2Cl)CC1. The van der Waals surface area contributed by atoms with Gasteiger partial charge in [0.1, 0.15) is 0 Å². The molecule has 1 heterocycles. The lowest BCUT2D eigenvalue weighted by Gasteiger charge is -2.36. The third-order valence-electron chi connectivity index (χ3n) is 5.90. The van der Waals surface area contributed by atoms with E-state index in [0.717, 1.165) is 36.3 Å². The van der Waals surface area contributed by atoms with Crippen LogP contribution >= 0.6 is 11.6 Å². The smallest absolute Gasteiger partial charge is 0.255 e. The Labute approximate surface area is 200 Å². The zero-order valence-electron chi connectivity index (χ0n) is 18.8. The number of nitrogens with zero attached hydrogens (tertiary/aromatic N) is 2. The fourth-order valence-electron chi connectivity index (χ4n) is 4.06. The first kappa shape index (κ1) is 22.9. The molecule has 0 unspecified atom stereocenters. The summed E-state index contributed by atoms with van der Waals surface area (Å²) in [5.74, 6) is 0.0413. The second kappa shape index (κ2) is 10.5. The minimum Gasteiger partial charge on any atom is -0.367 e. The molecule has 3 aromatic rings. The quantitative estimate of drug-likeness (QED) is 0.511. The molecule has 4 rings (SSSR count). The van der Waals surface area contributed by atoms with Crippen LogP contribution in [0.3, 0.4) is 0 Å². The van der Waals surface area contributed by atoms with Crippen LogP contribution in [0, 0.1) is 0 Å². The molecule has 170 valence electrons. The summed E-state index contributed by atoms with van der Waals surface area (Å²) in [7, 11) is 0. The Hall–Kier alpha value is -3.31.